The Morgan fingerprint density at radius 3 is 1.77 bits per heavy atom. The first-order chi connectivity index (χ1) is 37.1. The van der Waals surface area contributed by atoms with E-state index < -0.39 is 21.7 Å². The molecule has 0 aromatic heterocycles. The van der Waals surface area contributed by atoms with Crippen LogP contribution in [0, 0.1) is 26.0 Å². The van der Waals surface area contributed by atoms with Crippen molar-refractivity contribution in [2.45, 2.75) is 64.1 Å². The summed E-state index contributed by atoms with van der Waals surface area (Å²) in [4.78, 5) is 66.4. The molecular formula is C51H79ClFN7O17. The van der Waals surface area contributed by atoms with Crippen molar-refractivity contribution in [2.75, 3.05) is 177 Å². The molecule has 2 N–H and O–H groups in total. The van der Waals surface area contributed by atoms with Crippen LogP contribution in [0.2, 0.25) is 5.02 Å². The van der Waals surface area contributed by atoms with Crippen LogP contribution < -0.4 is 10.6 Å². The predicted molar refractivity (Wildman–Crippen MR) is 281 cm³/mol. The Morgan fingerprint density at radius 1 is 0.701 bits per heavy atom. The molecular weight excluding hydrogens is 1040 g/mol. The van der Waals surface area contributed by atoms with Gasteiger partial charge in [-0.05, 0) is 51.0 Å². The van der Waals surface area contributed by atoms with E-state index in [1.165, 1.54) is 24.3 Å². The molecule has 77 heavy (non-hydrogen) atoms. The Labute approximate surface area is 454 Å². The van der Waals surface area contributed by atoms with Crippen molar-refractivity contribution >= 4 is 46.4 Å². The molecule has 24 nitrogen and oxygen atoms in total. The summed E-state index contributed by atoms with van der Waals surface area (Å²) in [5, 5.41) is 28.3. The fourth-order valence-electron chi connectivity index (χ4n) is 8.05. The van der Waals surface area contributed by atoms with Gasteiger partial charge in [-0.2, -0.15) is 0 Å². The minimum atomic E-state index is -0.688. The van der Waals surface area contributed by atoms with Crippen molar-refractivity contribution < 1.29 is 76.0 Å². The van der Waals surface area contributed by atoms with Gasteiger partial charge in [0.25, 0.3) is 11.4 Å². The maximum atomic E-state index is 14.2. The summed E-state index contributed by atoms with van der Waals surface area (Å²) in [6, 6.07) is 6.94. The number of piperazine rings is 2. The van der Waals surface area contributed by atoms with Gasteiger partial charge in [-0.1, -0.05) is 17.7 Å². The van der Waals surface area contributed by atoms with Gasteiger partial charge in [0, 0.05) is 76.9 Å². The summed E-state index contributed by atoms with van der Waals surface area (Å²) in [5.41, 5.74) is -0.151. The minimum absolute atomic E-state index is 0.0206. The van der Waals surface area contributed by atoms with Crippen molar-refractivity contribution in [3.05, 3.63) is 73.0 Å². The zero-order valence-corrected chi connectivity index (χ0v) is 45.5. The first-order valence-corrected chi connectivity index (χ1v) is 26.5. The van der Waals surface area contributed by atoms with E-state index in [0.717, 1.165) is 12.6 Å². The number of hydrogen-bond donors (Lipinski definition) is 2. The summed E-state index contributed by atoms with van der Waals surface area (Å²) in [5.74, 6) is -1.21. The topological polar surface area (TPSA) is 264 Å². The second-order valence-corrected chi connectivity index (χ2v) is 19.2. The van der Waals surface area contributed by atoms with E-state index in [1.54, 1.807) is 15.9 Å². The van der Waals surface area contributed by atoms with Crippen LogP contribution in [0.1, 0.15) is 45.6 Å². The van der Waals surface area contributed by atoms with Crippen molar-refractivity contribution in [3.63, 3.8) is 0 Å². The number of nitrogens with zero attached hydrogens (tertiary/aromatic N) is 5. The van der Waals surface area contributed by atoms with Gasteiger partial charge in [0.15, 0.2) is 0 Å². The van der Waals surface area contributed by atoms with E-state index in [9.17, 15) is 39.0 Å². The van der Waals surface area contributed by atoms with Crippen LogP contribution in [0.25, 0.3) is 0 Å². The van der Waals surface area contributed by atoms with Crippen LogP contribution >= 0.6 is 11.6 Å². The predicted octanol–water partition coefficient (Wildman–Crippen LogP) is 3.92. The number of nitro benzene ring substituents is 2. The highest BCUT2D eigenvalue weighted by Gasteiger charge is 2.38. The molecule has 0 spiro atoms. The Hall–Kier alpha value is -4.77. The molecule has 434 valence electrons. The van der Waals surface area contributed by atoms with Crippen molar-refractivity contribution in [3.8, 4) is 0 Å². The van der Waals surface area contributed by atoms with E-state index in [0.29, 0.717) is 163 Å². The Kier molecular flexibility index (Phi) is 31.3. The second kappa shape index (κ2) is 37.2. The van der Waals surface area contributed by atoms with Crippen LogP contribution in [0.3, 0.4) is 0 Å². The SMILES string of the molecule is CC(C)(C)N1CCNC(C(=O)N2CCN(C(=O)Cc3ccc(Cl)c(F)c3)C(CCOC(=O)CCCOCCOCCOCCOCCOCCOCCOCCOCCOCCNc3ccc([N+](=O)[O-])cc3[N+](=O)[O-])C2)C1. The third kappa shape index (κ3) is 26.2. The highest BCUT2D eigenvalue weighted by molar-refractivity contribution is 6.30. The first-order valence-electron chi connectivity index (χ1n) is 26.2. The number of non-ortho nitro benzene ring substituents is 1. The monoisotopic (exact) mass is 1120 g/mol. The number of amides is 2. The number of carbonyl (C=O) groups is 3. The average molecular weight is 1120 g/mol. The fraction of sp³-hybridized carbons (Fsp3) is 0.706. The number of rotatable bonds is 40. The Bertz CT molecular complexity index is 2080. The van der Waals surface area contributed by atoms with Gasteiger partial charge in [-0.15, -0.1) is 0 Å². The lowest BCUT2D eigenvalue weighted by Gasteiger charge is -2.45. The molecule has 26 heteroatoms. The van der Waals surface area contributed by atoms with Crippen LogP contribution in [-0.2, 0) is 68.2 Å². The largest absolute Gasteiger partial charge is 0.466 e. The zero-order valence-electron chi connectivity index (χ0n) is 44.8. The van der Waals surface area contributed by atoms with Crippen molar-refractivity contribution in [1.29, 1.82) is 0 Å². The van der Waals surface area contributed by atoms with Crippen molar-refractivity contribution in [1.82, 2.24) is 20.0 Å². The Morgan fingerprint density at radius 2 is 1.25 bits per heavy atom. The number of nitrogens with one attached hydrogen (secondary N) is 2. The van der Waals surface area contributed by atoms with Gasteiger partial charge in [0.05, 0.1) is 158 Å². The maximum absolute atomic E-state index is 14.2. The zero-order chi connectivity index (χ0) is 55.7. The third-order valence-electron chi connectivity index (χ3n) is 12.2. The quantitative estimate of drug-likeness (QED) is 0.0414. The summed E-state index contributed by atoms with van der Waals surface area (Å²) in [6.45, 7) is 16.7. The van der Waals surface area contributed by atoms with Gasteiger partial charge < -0.3 is 67.8 Å². The number of anilines is 1. The highest BCUT2D eigenvalue weighted by Crippen LogP contribution is 2.29. The standard InChI is InChI=1S/C51H79ClFN7O17/c1-51(2,3)57-13-11-54-46(39-57)50(63)56-14-15-58(48(61)36-40-6-8-43(52)44(53)35-40)42(38-56)10-17-77-49(62)5-4-16-68-19-21-70-23-25-72-27-29-74-31-33-76-34-32-75-30-28-73-26-24-71-22-20-69-18-12-55-45-9-7-41(59(64)65)37-47(45)60(66)67/h6-9,35,37,42,46,54-55H,4-5,10-34,36,38-39H2,1-3H3. The number of hydrogen-bond acceptors (Lipinski definition) is 20. The summed E-state index contributed by atoms with van der Waals surface area (Å²) in [6.07, 6.45) is 0.928. The van der Waals surface area contributed by atoms with Crippen LogP contribution in [-0.4, -0.2) is 231 Å². The number of ether oxygens (including phenoxy) is 10. The lowest BCUT2D eigenvalue weighted by molar-refractivity contribution is -0.393. The molecule has 2 unspecified atom stereocenters. The minimum Gasteiger partial charge on any atom is -0.466 e. The molecule has 2 aliphatic rings. The third-order valence-corrected chi connectivity index (χ3v) is 12.5. The Balaban J connectivity index is 0.900. The smallest absolute Gasteiger partial charge is 0.305 e. The van der Waals surface area contributed by atoms with E-state index in [2.05, 4.69) is 36.3 Å². The van der Waals surface area contributed by atoms with E-state index >= 15 is 0 Å². The molecule has 2 fully saturated rings. The van der Waals surface area contributed by atoms with Gasteiger partial charge in [-0.3, -0.25) is 39.5 Å². The number of benzene rings is 2. The van der Waals surface area contributed by atoms with E-state index in [4.69, 9.17) is 59.0 Å². The second-order valence-electron chi connectivity index (χ2n) is 18.8. The summed E-state index contributed by atoms with van der Waals surface area (Å²) < 4.78 is 69.3. The lowest BCUT2D eigenvalue weighted by atomic mass is 10.0. The number of nitro groups is 2. The molecule has 4 rings (SSSR count). The van der Waals surface area contributed by atoms with E-state index in [-0.39, 0.29) is 84.0 Å². The van der Waals surface area contributed by atoms with Crippen molar-refractivity contribution in [2.24, 2.45) is 0 Å². The molecule has 0 radical (unpaired) electrons. The molecule has 2 aliphatic heterocycles. The molecule has 2 saturated heterocycles. The van der Waals surface area contributed by atoms with Gasteiger partial charge in [0.2, 0.25) is 11.8 Å². The normalized spacial score (nSPS) is 16.2. The molecule has 2 amide bonds. The van der Waals surface area contributed by atoms with Crippen LogP contribution in [0.15, 0.2) is 36.4 Å². The molecule has 0 saturated carbocycles. The first kappa shape index (κ1) is 64.8. The summed E-state index contributed by atoms with van der Waals surface area (Å²) >= 11 is 5.86. The number of carbonyl (C=O) groups excluding carboxylic acids is 3. The molecule has 2 heterocycles. The average Bonchev–Trinajstić information content (AvgIpc) is 3.41. The summed E-state index contributed by atoms with van der Waals surface area (Å²) in [7, 11) is 0. The maximum Gasteiger partial charge on any atom is 0.305 e. The molecule has 2 atom stereocenters. The molecule has 0 aliphatic carbocycles. The highest BCUT2D eigenvalue weighted by atomic mass is 35.5. The fourth-order valence-corrected chi connectivity index (χ4v) is 8.17. The van der Waals surface area contributed by atoms with E-state index in [1.807, 2.05) is 0 Å². The van der Waals surface area contributed by atoms with Gasteiger partial charge in [-0.25, -0.2) is 4.39 Å². The molecule has 2 aromatic rings. The number of halogens is 2. The van der Waals surface area contributed by atoms with Gasteiger partial charge in [0.1, 0.15) is 11.5 Å². The van der Waals surface area contributed by atoms with Gasteiger partial charge >= 0.3 is 5.97 Å². The van der Waals surface area contributed by atoms with Crippen LogP contribution in [0.4, 0.5) is 21.5 Å². The number of esters is 1. The lowest BCUT2D eigenvalue weighted by Crippen LogP contribution is -2.64. The van der Waals surface area contributed by atoms with Crippen LogP contribution in [0.5, 0.6) is 0 Å². The molecule has 0 bridgehead atoms. The molecule has 2 aromatic carbocycles.